The number of furan rings is 2. The zero-order valence-corrected chi connectivity index (χ0v) is 54.7. The number of hydrogen-bond acceptors (Lipinski definition) is 16. The van der Waals surface area contributed by atoms with Gasteiger partial charge in [-0.2, -0.15) is 10.5 Å². The number of amides is 3. The summed E-state index contributed by atoms with van der Waals surface area (Å²) in [6.07, 6.45) is 10.2. The van der Waals surface area contributed by atoms with Gasteiger partial charge in [0.25, 0.3) is 11.8 Å². The topological polar surface area (TPSA) is 225 Å². The van der Waals surface area contributed by atoms with Gasteiger partial charge in [0, 0.05) is 76.0 Å². The maximum absolute atomic E-state index is 12.4. The lowest BCUT2D eigenvalue weighted by atomic mass is 9.78. The summed E-state index contributed by atoms with van der Waals surface area (Å²) in [7, 11) is 9.41. The maximum Gasteiger partial charge on any atom is 0.494 e. The van der Waals surface area contributed by atoms with Crippen LogP contribution in [0.15, 0.2) is 118 Å². The van der Waals surface area contributed by atoms with Crippen molar-refractivity contribution in [1.82, 2.24) is 24.7 Å². The molecule has 8 aromatic rings. The number of rotatable bonds is 12. The molecule has 0 radical (unpaired) electrons. The number of methoxy groups -OCH3 is 2. The van der Waals surface area contributed by atoms with Crippen molar-refractivity contribution >= 4 is 64.3 Å². The van der Waals surface area contributed by atoms with E-state index in [0.717, 1.165) is 53.4 Å². The summed E-state index contributed by atoms with van der Waals surface area (Å²) in [4.78, 5) is 50.3. The first-order valence-electron chi connectivity index (χ1n) is 30.3. The largest absolute Gasteiger partial charge is 0.496 e. The molecule has 2 saturated heterocycles. The summed E-state index contributed by atoms with van der Waals surface area (Å²) in [6, 6.07) is 33.3. The number of carbonyl (C=O) groups is 3. The van der Waals surface area contributed by atoms with Crippen molar-refractivity contribution in [2.75, 3.05) is 55.5 Å². The van der Waals surface area contributed by atoms with Crippen molar-refractivity contribution < 1.29 is 56.2 Å². The molecule has 19 nitrogen and oxygen atoms in total. The second-order valence-corrected chi connectivity index (χ2v) is 25.4. The lowest BCUT2D eigenvalue weighted by molar-refractivity contribution is 0.00578. The van der Waals surface area contributed by atoms with E-state index in [-0.39, 0.29) is 30.1 Å². The lowest BCUT2D eigenvalue weighted by Gasteiger charge is -2.34. The van der Waals surface area contributed by atoms with Crippen LogP contribution < -0.4 is 24.4 Å². The highest BCUT2D eigenvalue weighted by Gasteiger charge is 2.52. The van der Waals surface area contributed by atoms with Crippen LogP contribution in [0.25, 0.3) is 56.0 Å². The number of ether oxygens (including phenoxy) is 5. The van der Waals surface area contributed by atoms with E-state index in [1.54, 1.807) is 114 Å². The van der Waals surface area contributed by atoms with Gasteiger partial charge >= 0.3 is 13.2 Å². The molecule has 0 bridgehead atoms. The molecule has 1 aliphatic carbocycles. The molecule has 474 valence electrons. The van der Waals surface area contributed by atoms with E-state index in [0.29, 0.717) is 97.1 Å². The number of fused-ring (bicyclic) bond motifs is 2. The Hall–Kier alpha value is -9.08. The number of nitriles is 2. The molecule has 4 aromatic carbocycles. The Labute approximate surface area is 536 Å². The molecule has 6 heterocycles. The minimum atomic E-state index is -0.539. The molecule has 1 saturated carbocycles. The summed E-state index contributed by atoms with van der Waals surface area (Å²) in [5, 5.41) is 20.0. The molecule has 3 aliphatic rings. The monoisotopic (exact) mass is 1250 g/mol. The van der Waals surface area contributed by atoms with Crippen LogP contribution in [0.1, 0.15) is 125 Å². The van der Waals surface area contributed by atoms with Crippen LogP contribution in [0.4, 0.5) is 4.79 Å². The van der Waals surface area contributed by atoms with Gasteiger partial charge in [0.1, 0.15) is 69.4 Å². The highest BCUT2D eigenvalue weighted by Crippen LogP contribution is 2.41. The minimum Gasteiger partial charge on any atom is -0.496 e. The standard InChI is InChI=1S/C30H29N3O4.C23H33BN2O5.C17H15ClN2O3/c1-33(2)30(34)20-9-11-24(27(16-20)35-3)28-17-25-29(37-28)23(13-14-32-25)19-10-12-26(21(15-19)18-31)36-22-7-5-4-6-8-22;1-21(2,3)29-20(27)26-12-8-9-18(15-26)28-19-11-10-17(13-16(19)14-25)24-30-22(4,5)23(6,7)31-24;1-20(2)17(21)10-4-5-11(14(8-10)22-3)15-9-13-16(23-15)12(18)6-7-19-13/h9-17,22H,4-8H2,1-3H3;10-11,13,18H,8-9,12,15H2,1-7H3;4-9H,1-3H3. The van der Waals surface area contributed by atoms with E-state index in [4.69, 9.17) is 53.4 Å². The fourth-order valence-electron chi connectivity index (χ4n) is 10.7. The summed E-state index contributed by atoms with van der Waals surface area (Å²) in [5.41, 5.74) is 6.95. The first-order valence-corrected chi connectivity index (χ1v) is 30.7. The molecule has 3 amide bonds. The van der Waals surface area contributed by atoms with Gasteiger partial charge in [-0.05, 0) is 171 Å². The van der Waals surface area contributed by atoms with Gasteiger partial charge < -0.3 is 56.5 Å². The number of benzene rings is 4. The van der Waals surface area contributed by atoms with Crippen LogP contribution in [0.2, 0.25) is 5.02 Å². The van der Waals surface area contributed by atoms with Crippen LogP contribution in [0, 0.1) is 22.7 Å². The van der Waals surface area contributed by atoms with E-state index < -0.39 is 23.9 Å². The first kappa shape index (κ1) is 66.3. The number of nitrogens with zero attached hydrogens (tertiary/aromatic N) is 7. The van der Waals surface area contributed by atoms with Gasteiger partial charge in [0.2, 0.25) is 0 Å². The summed E-state index contributed by atoms with van der Waals surface area (Å²) >= 11 is 6.12. The molecule has 11 rings (SSSR count). The molecule has 0 N–H and O–H groups in total. The van der Waals surface area contributed by atoms with E-state index in [9.17, 15) is 24.9 Å². The van der Waals surface area contributed by atoms with Crippen molar-refractivity contribution in [3.05, 3.63) is 137 Å². The zero-order valence-electron chi connectivity index (χ0n) is 53.9. The molecular formula is C70H77BClN7O12. The number of piperidine rings is 1. The van der Waals surface area contributed by atoms with E-state index in [1.165, 1.54) is 29.1 Å². The average Bonchev–Trinajstić information content (AvgIpc) is 1.67. The molecule has 1 unspecified atom stereocenters. The number of hydrogen-bond donors (Lipinski definition) is 0. The van der Waals surface area contributed by atoms with E-state index in [2.05, 4.69) is 22.1 Å². The predicted molar refractivity (Wildman–Crippen MR) is 349 cm³/mol. The Kier molecular flexibility index (Phi) is 20.4. The van der Waals surface area contributed by atoms with Crippen LogP contribution in [-0.2, 0) is 14.0 Å². The molecule has 21 heteroatoms. The van der Waals surface area contributed by atoms with Crippen molar-refractivity contribution in [1.29, 1.82) is 10.5 Å². The number of pyridine rings is 2. The summed E-state index contributed by atoms with van der Waals surface area (Å²) in [6.45, 7) is 14.6. The van der Waals surface area contributed by atoms with Gasteiger partial charge in [-0.15, -0.1) is 0 Å². The SMILES string of the molecule is CC(C)(C)OC(=O)N1CCCC(Oc2ccc(B3OC(C)(C)C(C)(C)O3)cc2C#N)C1.COc1cc(C(=O)N(C)C)ccc1-c1cc2nccc(-c3ccc(OC4CCCCC4)c(C#N)c3)c2o1.COc1cc(C(=O)N(C)C)ccc1-c1cc2nccc(Cl)c2o1. The van der Waals surface area contributed by atoms with Crippen LogP contribution in [-0.4, -0.2) is 134 Å². The van der Waals surface area contributed by atoms with Crippen molar-refractivity contribution in [2.45, 2.75) is 122 Å². The second-order valence-electron chi connectivity index (χ2n) is 25.0. The number of likely N-dealkylation sites (tertiary alicyclic amines) is 1. The van der Waals surface area contributed by atoms with Crippen LogP contribution in [0.5, 0.6) is 23.0 Å². The molecule has 91 heavy (non-hydrogen) atoms. The first-order chi connectivity index (χ1) is 43.3. The third kappa shape index (κ3) is 15.4. The molecule has 1 atom stereocenters. The van der Waals surface area contributed by atoms with Crippen molar-refractivity contribution in [3.63, 3.8) is 0 Å². The van der Waals surface area contributed by atoms with Gasteiger partial charge in [-0.25, -0.2) is 4.79 Å². The molecule has 2 aliphatic heterocycles. The van der Waals surface area contributed by atoms with Crippen LogP contribution >= 0.6 is 11.6 Å². The Bertz CT molecular complexity index is 4040. The average molecular weight is 1250 g/mol. The number of aromatic nitrogens is 2. The van der Waals surface area contributed by atoms with E-state index in [1.807, 2.05) is 90.9 Å². The van der Waals surface area contributed by atoms with Crippen molar-refractivity contribution in [3.8, 4) is 68.9 Å². The van der Waals surface area contributed by atoms with E-state index >= 15 is 0 Å². The highest BCUT2D eigenvalue weighted by molar-refractivity contribution is 6.62. The Balaban J connectivity index is 0.000000166. The molecular weight excluding hydrogens is 1180 g/mol. The van der Waals surface area contributed by atoms with Gasteiger partial charge in [0.15, 0.2) is 11.2 Å². The van der Waals surface area contributed by atoms with Gasteiger partial charge in [-0.1, -0.05) is 30.2 Å². The Morgan fingerprint density at radius 1 is 0.626 bits per heavy atom. The fourth-order valence-corrected chi connectivity index (χ4v) is 10.9. The van der Waals surface area contributed by atoms with Crippen LogP contribution in [0.3, 0.4) is 0 Å². The normalized spacial score (nSPS) is 16.1. The summed E-state index contributed by atoms with van der Waals surface area (Å²) in [5.74, 6) is 3.16. The Morgan fingerprint density at radius 3 is 1.68 bits per heavy atom. The summed E-state index contributed by atoms with van der Waals surface area (Å²) < 4.78 is 53.1. The lowest BCUT2D eigenvalue weighted by Crippen LogP contribution is -2.46. The van der Waals surface area contributed by atoms with Gasteiger partial charge in [0.05, 0.1) is 65.3 Å². The third-order valence-electron chi connectivity index (χ3n) is 16.2. The smallest absolute Gasteiger partial charge is 0.494 e. The molecule has 4 aromatic heterocycles. The zero-order chi connectivity index (χ0) is 65.5. The number of carbonyl (C=O) groups excluding carboxylic acids is 3. The Morgan fingerprint density at radius 2 is 1.14 bits per heavy atom. The number of halogens is 1. The molecule has 0 spiro atoms. The van der Waals surface area contributed by atoms with Crippen molar-refractivity contribution in [2.24, 2.45) is 0 Å². The highest BCUT2D eigenvalue weighted by atomic mass is 35.5. The predicted octanol–water partition coefficient (Wildman–Crippen LogP) is 13.9. The third-order valence-corrected chi connectivity index (χ3v) is 16.5. The second kappa shape index (κ2) is 28.0. The van der Waals surface area contributed by atoms with Gasteiger partial charge in [-0.3, -0.25) is 19.6 Å². The molecule has 3 fully saturated rings. The maximum atomic E-state index is 12.4. The quantitative estimate of drug-likeness (QED) is 0.104. The minimum absolute atomic E-state index is 0.0934. The fraction of sp³-hybridized carbons (Fsp3) is 0.386.